The van der Waals surface area contributed by atoms with Crippen molar-refractivity contribution in [3.05, 3.63) is 130 Å². The number of nitriles is 2. The number of likely N-dealkylation sites (N-methyl/N-ethyl adjacent to an activating group) is 2. The number of anilines is 4. The molecule has 6 heterocycles. The van der Waals surface area contributed by atoms with Crippen LogP contribution < -0.4 is 29.1 Å². The van der Waals surface area contributed by atoms with E-state index < -0.39 is 0 Å². The highest BCUT2D eigenvalue weighted by Crippen LogP contribution is 2.59. The predicted octanol–water partition coefficient (Wildman–Crippen LogP) is 11.2. The van der Waals surface area contributed by atoms with E-state index in [1.54, 1.807) is 9.80 Å². The van der Waals surface area contributed by atoms with E-state index in [2.05, 4.69) is 117 Å². The third-order valence-electron chi connectivity index (χ3n) is 22.4. The van der Waals surface area contributed by atoms with Gasteiger partial charge in [-0.2, -0.15) is 30.5 Å². The van der Waals surface area contributed by atoms with Crippen molar-refractivity contribution in [3.8, 4) is 24.2 Å². The lowest BCUT2D eigenvalue weighted by molar-refractivity contribution is -0.129. The molecule has 4 aliphatic carbocycles. The maximum absolute atomic E-state index is 13.0. The number of hydrogen-bond donors (Lipinski definition) is 0. The van der Waals surface area contributed by atoms with Gasteiger partial charge in [0.25, 0.3) is 0 Å². The lowest BCUT2D eigenvalue weighted by Gasteiger charge is -2.42. The van der Waals surface area contributed by atoms with Crippen LogP contribution in [0.25, 0.3) is 21.5 Å². The summed E-state index contributed by atoms with van der Waals surface area (Å²) in [4.78, 5) is 64.3. The number of halogens is 2. The van der Waals surface area contributed by atoms with Gasteiger partial charge >= 0.3 is 12.0 Å². The molecular weight excluding hydrogens is 1210 g/mol. The normalized spacial score (nSPS) is 23.9. The number of ether oxygens (including phenoxy) is 2. The zero-order chi connectivity index (χ0) is 64.1. The van der Waals surface area contributed by atoms with E-state index in [0.29, 0.717) is 131 Å². The van der Waals surface area contributed by atoms with Crippen LogP contribution in [0.1, 0.15) is 105 Å². The minimum Gasteiger partial charge on any atom is -0.462 e. The first-order chi connectivity index (χ1) is 45.3. The van der Waals surface area contributed by atoms with Crippen LogP contribution in [-0.2, 0) is 35.5 Å². The molecule has 20 heteroatoms. The summed E-state index contributed by atoms with van der Waals surface area (Å²) in [6.45, 7) is 15.5. The Balaban J connectivity index is 0.652. The Kier molecular flexibility index (Phi) is 17.9. The molecule has 6 fully saturated rings. The zero-order valence-corrected chi connectivity index (χ0v) is 55.2. The van der Waals surface area contributed by atoms with Crippen molar-refractivity contribution in [2.45, 2.75) is 127 Å². The first-order valence-corrected chi connectivity index (χ1v) is 34.5. The van der Waals surface area contributed by atoms with Gasteiger partial charge in [-0.25, -0.2) is 0 Å². The summed E-state index contributed by atoms with van der Waals surface area (Å²) in [5.74, 6) is 2.96. The van der Waals surface area contributed by atoms with Crippen LogP contribution in [0.2, 0.25) is 10.0 Å². The summed E-state index contributed by atoms with van der Waals surface area (Å²) in [7, 11) is 4.47. The number of aromatic nitrogens is 4. The molecule has 5 atom stereocenters. The molecule has 4 saturated carbocycles. The number of carbonyl (C=O) groups is 2. The Bertz CT molecular complexity index is 3940. The van der Waals surface area contributed by atoms with Crippen molar-refractivity contribution < 1.29 is 19.1 Å². The number of fused-ring (bicyclic) bond motifs is 5. The molecule has 3 unspecified atom stereocenters. The summed E-state index contributed by atoms with van der Waals surface area (Å²) in [6.07, 6.45) is 15.6. The molecule has 6 aromatic rings. The van der Waals surface area contributed by atoms with Crippen molar-refractivity contribution >= 4 is 79.6 Å². The predicted molar refractivity (Wildman–Crippen MR) is 365 cm³/mol. The molecular formula is C73H84Cl2N14O4. The Labute approximate surface area is 556 Å². The standard InChI is InChI=1S/C73H84Cl2N14O4/c1-5-65(90)88-33-31-86(43-51(88)20-27-76)69-56-22-29-84(62-16-8-12-47-11-7-14-58(74)67(47)62)45-60(56)78-71(80-69)92-37-35-82(3)53-41-48-39-50(40-49(48)42-53)54-18-19-63(68-55(54)13-9-15-59(68)75)85-30-23-57-61(46-85)79-72(93-38-36-83(4)64-17-10-24-73(64)25-26-73)81-70(57)87-32-34-89(66(91)6-2)52(44-87)21-28-77/h5-9,11-16,18-19,48-53,64H,1-2,10,17,20-26,29-46H2,3-4H3/t48?,49?,50?,51-,52-,53?,64?/m0/s1. The monoisotopic (exact) mass is 1290 g/mol. The molecule has 2 saturated heterocycles. The molecule has 4 aromatic carbocycles. The topological polar surface area (TPSA) is 178 Å². The van der Waals surface area contributed by atoms with Crippen LogP contribution in [0.4, 0.5) is 23.0 Å². The Morgan fingerprint density at radius 1 is 0.645 bits per heavy atom. The van der Waals surface area contributed by atoms with E-state index in [-0.39, 0.29) is 36.7 Å². The minimum absolute atomic E-state index is 0.157. The van der Waals surface area contributed by atoms with E-state index in [9.17, 15) is 20.1 Å². The molecule has 2 aromatic heterocycles. The van der Waals surface area contributed by atoms with Crippen molar-refractivity contribution in [2.75, 3.05) is 112 Å². The maximum atomic E-state index is 13.0. The van der Waals surface area contributed by atoms with Gasteiger partial charge in [0.15, 0.2) is 0 Å². The quantitative estimate of drug-likeness (QED) is 0.0699. The van der Waals surface area contributed by atoms with E-state index in [1.165, 1.54) is 55.2 Å². The highest BCUT2D eigenvalue weighted by atomic mass is 35.5. The third-order valence-corrected chi connectivity index (χ3v) is 23.0. The van der Waals surface area contributed by atoms with Gasteiger partial charge in [0.05, 0.1) is 71.6 Å². The average molecular weight is 1290 g/mol. The van der Waals surface area contributed by atoms with Crippen LogP contribution in [0.5, 0.6) is 12.0 Å². The van der Waals surface area contributed by atoms with Crippen molar-refractivity contribution in [3.63, 3.8) is 0 Å². The van der Waals surface area contributed by atoms with Gasteiger partial charge in [0.2, 0.25) is 11.8 Å². The fraction of sp³-hybridized carbons (Fsp3) is 0.507. The van der Waals surface area contributed by atoms with Crippen LogP contribution in [0.3, 0.4) is 0 Å². The van der Waals surface area contributed by atoms with E-state index in [1.807, 2.05) is 18.2 Å². The molecule has 0 radical (unpaired) electrons. The second-order valence-corrected chi connectivity index (χ2v) is 28.3. The maximum Gasteiger partial charge on any atom is 0.318 e. The third kappa shape index (κ3) is 12.3. The van der Waals surface area contributed by atoms with Crippen molar-refractivity contribution in [2.24, 2.45) is 17.3 Å². The van der Waals surface area contributed by atoms with Crippen molar-refractivity contribution in [1.82, 2.24) is 39.5 Å². The summed E-state index contributed by atoms with van der Waals surface area (Å²) in [5, 5.41) is 25.6. The SMILES string of the molecule is C=CC(=O)N1CCN(c2nc(OCCN(C)C3CC4CC(c5ccc(N6CCc7c(nc(OCCN(C)C8CCCC89CC9)nc7N7CCN(C(=O)C=C)[C@@H](CC#N)C7)C6)c6c(Cl)cccc56)CC4C3)nc3c2CCN(c2cccc4cccc(Cl)c24)C3)C[C@@H]1CC#N. The summed E-state index contributed by atoms with van der Waals surface area (Å²) >= 11 is 14.2. The highest BCUT2D eigenvalue weighted by molar-refractivity contribution is 6.37. The number of nitrogens with zero attached hydrogens (tertiary/aromatic N) is 14. The van der Waals surface area contributed by atoms with E-state index in [0.717, 1.165) is 119 Å². The molecule has 14 rings (SSSR count). The summed E-state index contributed by atoms with van der Waals surface area (Å²) < 4.78 is 13.1. The van der Waals surface area contributed by atoms with Crippen LogP contribution in [0, 0.1) is 39.9 Å². The molecule has 484 valence electrons. The van der Waals surface area contributed by atoms with E-state index in [4.69, 9.17) is 52.6 Å². The Morgan fingerprint density at radius 3 is 1.74 bits per heavy atom. The Morgan fingerprint density at radius 2 is 1.18 bits per heavy atom. The fourth-order valence-electron chi connectivity index (χ4n) is 17.5. The van der Waals surface area contributed by atoms with Gasteiger partial charge in [0.1, 0.15) is 24.8 Å². The lowest BCUT2D eigenvalue weighted by atomic mass is 9.89. The zero-order valence-electron chi connectivity index (χ0n) is 53.7. The number of carbonyl (C=O) groups excluding carboxylic acids is 2. The molecule has 2 amide bonds. The van der Waals surface area contributed by atoms with Gasteiger partial charge in [-0.05, 0) is 154 Å². The van der Waals surface area contributed by atoms with Gasteiger partial charge in [-0.15, -0.1) is 0 Å². The minimum atomic E-state index is -0.301. The largest absolute Gasteiger partial charge is 0.462 e. The van der Waals surface area contributed by atoms with Gasteiger partial charge in [0, 0.05) is 111 Å². The van der Waals surface area contributed by atoms with Gasteiger partial charge < -0.3 is 43.8 Å². The molecule has 0 bridgehead atoms. The second-order valence-electron chi connectivity index (χ2n) is 27.4. The average Bonchev–Trinajstić information content (AvgIpc) is 1.51. The van der Waals surface area contributed by atoms with Crippen molar-refractivity contribution in [1.29, 1.82) is 10.5 Å². The first kappa shape index (κ1) is 62.7. The molecule has 18 nitrogen and oxygen atoms in total. The number of piperazine rings is 2. The number of rotatable bonds is 19. The highest BCUT2D eigenvalue weighted by Gasteiger charge is 2.53. The second kappa shape index (κ2) is 26.6. The van der Waals surface area contributed by atoms with Crippen LogP contribution in [-0.4, -0.2) is 168 Å². The Hall–Kier alpha value is -7.74. The number of benzene rings is 4. The summed E-state index contributed by atoms with van der Waals surface area (Å²) in [5.41, 5.74) is 8.03. The smallest absolute Gasteiger partial charge is 0.318 e. The summed E-state index contributed by atoms with van der Waals surface area (Å²) in [6, 6.07) is 29.2. The number of amides is 2. The van der Waals surface area contributed by atoms with Gasteiger partial charge in [-0.3, -0.25) is 14.5 Å². The van der Waals surface area contributed by atoms with Crippen LogP contribution in [0.15, 0.2) is 92.0 Å². The van der Waals surface area contributed by atoms with Gasteiger partial charge in [-0.1, -0.05) is 85.2 Å². The molecule has 93 heavy (non-hydrogen) atoms. The van der Waals surface area contributed by atoms with Crippen LogP contribution >= 0.6 is 23.2 Å². The van der Waals surface area contributed by atoms with E-state index >= 15 is 0 Å². The molecule has 8 aliphatic rings. The fourth-order valence-corrected chi connectivity index (χ4v) is 18.0. The first-order valence-electron chi connectivity index (χ1n) is 33.8. The number of hydrogen-bond acceptors (Lipinski definition) is 16. The molecule has 1 spiro atoms. The lowest BCUT2D eigenvalue weighted by Crippen LogP contribution is -2.55. The molecule has 0 N–H and O–H groups in total. The molecule has 4 aliphatic heterocycles.